The van der Waals surface area contributed by atoms with Gasteiger partial charge in [-0.3, -0.25) is 9.69 Å². The minimum atomic E-state index is 0.168. The van der Waals surface area contributed by atoms with Gasteiger partial charge in [-0.15, -0.1) is 0 Å². The summed E-state index contributed by atoms with van der Waals surface area (Å²) in [5.74, 6) is 4.12. The summed E-state index contributed by atoms with van der Waals surface area (Å²) in [7, 11) is 0. The maximum absolute atomic E-state index is 13.3. The van der Waals surface area contributed by atoms with E-state index in [2.05, 4.69) is 56.6 Å². The van der Waals surface area contributed by atoms with Crippen molar-refractivity contribution in [2.24, 2.45) is 23.2 Å². The van der Waals surface area contributed by atoms with Gasteiger partial charge in [0.05, 0.1) is 5.69 Å². The molecule has 1 aliphatic heterocycles. The first kappa shape index (κ1) is 23.1. The maximum Gasteiger partial charge on any atom is 0.226 e. The number of rotatable bonds is 5. The van der Waals surface area contributed by atoms with E-state index >= 15 is 0 Å². The van der Waals surface area contributed by atoms with Crippen LogP contribution in [-0.2, 0) is 24.2 Å². The molecule has 5 heteroatoms. The Kier molecular flexibility index (Phi) is 5.40. The molecule has 4 fully saturated rings. The first-order chi connectivity index (χ1) is 18.6. The van der Waals surface area contributed by atoms with Crippen LogP contribution in [0.2, 0.25) is 0 Å². The molecule has 1 atom stereocenters. The fourth-order valence-electron chi connectivity index (χ4n) is 9.62. The van der Waals surface area contributed by atoms with Crippen molar-refractivity contribution in [2.45, 2.75) is 76.7 Å². The zero-order valence-electron chi connectivity index (χ0n) is 22.3. The van der Waals surface area contributed by atoms with E-state index in [0.717, 1.165) is 73.7 Å². The molecule has 7 aliphatic rings. The molecule has 38 heavy (non-hydrogen) atoms. The number of hydrogen-bond acceptors (Lipinski definition) is 4. The van der Waals surface area contributed by atoms with Gasteiger partial charge in [-0.1, -0.05) is 42.0 Å². The van der Waals surface area contributed by atoms with Gasteiger partial charge in [-0.25, -0.2) is 9.97 Å². The predicted molar refractivity (Wildman–Crippen MR) is 149 cm³/mol. The summed E-state index contributed by atoms with van der Waals surface area (Å²) in [5, 5.41) is 3.25. The normalized spacial score (nSPS) is 32.7. The number of nitrogens with zero attached hydrogens (tertiary/aromatic N) is 3. The third-order valence-corrected chi connectivity index (χ3v) is 10.7. The third-order valence-electron chi connectivity index (χ3n) is 10.7. The Morgan fingerprint density at radius 1 is 1.05 bits per heavy atom. The Hall–Kier alpha value is -2.79. The van der Waals surface area contributed by atoms with E-state index in [4.69, 9.17) is 0 Å². The van der Waals surface area contributed by atoms with Crippen molar-refractivity contribution in [2.75, 3.05) is 18.4 Å². The molecule has 4 saturated carbocycles. The minimum absolute atomic E-state index is 0.168. The van der Waals surface area contributed by atoms with Gasteiger partial charge in [0.25, 0.3) is 0 Å². The summed E-state index contributed by atoms with van der Waals surface area (Å²) in [4.78, 5) is 25.0. The van der Waals surface area contributed by atoms with E-state index in [9.17, 15) is 4.79 Å². The summed E-state index contributed by atoms with van der Waals surface area (Å²) in [6.07, 6.45) is 18.4. The lowest BCUT2D eigenvalue weighted by molar-refractivity contribution is -0.124. The number of carbonyl (C=O) groups is 1. The van der Waals surface area contributed by atoms with Crippen LogP contribution in [-0.4, -0.2) is 33.9 Å². The molecule has 1 amide bonds. The summed E-state index contributed by atoms with van der Waals surface area (Å²) in [6.45, 7) is 2.76. The third kappa shape index (κ3) is 4.05. The molecule has 5 nitrogen and oxygen atoms in total. The molecule has 1 aromatic carbocycles. The number of carbonyl (C=O) groups excluding carboxylic acids is 1. The van der Waals surface area contributed by atoms with Gasteiger partial charge >= 0.3 is 0 Å². The second-order valence-electron chi connectivity index (χ2n) is 13.4. The topological polar surface area (TPSA) is 58.1 Å². The zero-order chi connectivity index (χ0) is 25.3. The first-order valence-corrected chi connectivity index (χ1v) is 14.9. The molecule has 0 radical (unpaired) electrons. The molecule has 0 saturated heterocycles. The second kappa shape index (κ2) is 8.87. The molecule has 2 heterocycles. The van der Waals surface area contributed by atoms with Gasteiger partial charge in [-0.2, -0.15) is 0 Å². The lowest BCUT2D eigenvalue weighted by Crippen LogP contribution is -2.47. The summed E-state index contributed by atoms with van der Waals surface area (Å²) in [6, 6.07) is 8.93. The van der Waals surface area contributed by atoms with E-state index in [-0.39, 0.29) is 11.3 Å². The predicted octanol–water partition coefficient (Wildman–Crippen LogP) is 5.98. The van der Waals surface area contributed by atoms with E-state index in [1.165, 1.54) is 55.2 Å². The fourth-order valence-corrected chi connectivity index (χ4v) is 9.62. The Morgan fingerprint density at radius 3 is 2.66 bits per heavy atom. The van der Waals surface area contributed by atoms with Gasteiger partial charge in [-0.05, 0) is 97.7 Å². The van der Waals surface area contributed by atoms with Crippen LogP contribution in [0, 0.1) is 23.2 Å². The standard InChI is InChI=1S/C33H38N4O/c38-31(17-33-14-22-9-23(15-33)11-24(10-22)16-33)36-32-29-7-8-37(19-30(29)34-20-35-32)18-21-5-6-28-26(12-21)13-25-3-1-2-4-27(25)28/h1-5,12,20,22-24,28H,6-11,13-19H2,(H,34,35,36,38). The van der Waals surface area contributed by atoms with E-state index in [1.807, 2.05) is 0 Å². The highest BCUT2D eigenvalue weighted by molar-refractivity contribution is 5.91. The molecule has 9 rings (SSSR count). The second-order valence-corrected chi connectivity index (χ2v) is 13.4. The van der Waals surface area contributed by atoms with Crippen molar-refractivity contribution in [3.8, 4) is 0 Å². The highest BCUT2D eigenvalue weighted by Crippen LogP contribution is 2.61. The molecular weight excluding hydrogens is 468 g/mol. The lowest BCUT2D eigenvalue weighted by atomic mass is 9.49. The van der Waals surface area contributed by atoms with Gasteiger partial charge in [0, 0.05) is 37.5 Å². The molecule has 4 bridgehead atoms. The number of aromatic nitrogens is 2. The molecule has 2 aromatic rings. The Labute approximate surface area is 225 Å². The van der Waals surface area contributed by atoms with Crippen LogP contribution in [0.1, 0.15) is 79.7 Å². The number of benzene rings is 1. The number of amides is 1. The quantitative estimate of drug-likeness (QED) is 0.542. The van der Waals surface area contributed by atoms with Gasteiger partial charge < -0.3 is 5.32 Å². The summed E-state index contributed by atoms with van der Waals surface area (Å²) >= 11 is 0. The zero-order valence-corrected chi connectivity index (χ0v) is 22.3. The van der Waals surface area contributed by atoms with Gasteiger partial charge in [0.1, 0.15) is 12.1 Å². The number of hydrogen-bond donors (Lipinski definition) is 1. The Bertz CT molecular complexity index is 1320. The maximum atomic E-state index is 13.3. The highest BCUT2D eigenvalue weighted by atomic mass is 16.1. The SMILES string of the molecule is O=C(CC12CC3CC(CC(C3)C1)C2)Nc1ncnc2c1CCN(CC1=CCC3C(=C1)Cc1ccccc13)C2. The van der Waals surface area contributed by atoms with E-state index in [1.54, 1.807) is 11.9 Å². The van der Waals surface area contributed by atoms with E-state index in [0.29, 0.717) is 12.3 Å². The summed E-state index contributed by atoms with van der Waals surface area (Å²) in [5.41, 5.74) is 8.51. The molecular formula is C33H38N4O. The Morgan fingerprint density at radius 2 is 1.84 bits per heavy atom. The average molecular weight is 507 g/mol. The van der Waals surface area contributed by atoms with Crippen LogP contribution in [0.25, 0.3) is 0 Å². The molecule has 1 unspecified atom stereocenters. The number of allylic oxidation sites excluding steroid dienone is 2. The van der Waals surface area contributed by atoms with Crippen LogP contribution < -0.4 is 5.32 Å². The van der Waals surface area contributed by atoms with Crippen molar-refractivity contribution >= 4 is 11.7 Å². The van der Waals surface area contributed by atoms with Crippen molar-refractivity contribution in [1.82, 2.24) is 14.9 Å². The molecule has 1 aromatic heterocycles. The minimum Gasteiger partial charge on any atom is -0.310 e. The fraction of sp³-hybridized carbons (Fsp3) is 0.545. The molecule has 0 spiro atoms. The smallest absolute Gasteiger partial charge is 0.226 e. The largest absolute Gasteiger partial charge is 0.310 e. The Balaban J connectivity index is 0.922. The van der Waals surface area contributed by atoms with Crippen molar-refractivity contribution in [3.05, 3.63) is 76.3 Å². The van der Waals surface area contributed by atoms with Gasteiger partial charge in [0.15, 0.2) is 0 Å². The number of anilines is 1. The lowest BCUT2D eigenvalue weighted by Gasteiger charge is -2.56. The molecule has 6 aliphatic carbocycles. The monoisotopic (exact) mass is 506 g/mol. The van der Waals surface area contributed by atoms with Crippen LogP contribution >= 0.6 is 0 Å². The van der Waals surface area contributed by atoms with Crippen molar-refractivity contribution in [3.63, 3.8) is 0 Å². The summed E-state index contributed by atoms with van der Waals surface area (Å²) < 4.78 is 0. The van der Waals surface area contributed by atoms with Crippen molar-refractivity contribution in [1.29, 1.82) is 0 Å². The molecule has 1 N–H and O–H groups in total. The number of nitrogens with one attached hydrogen (secondary N) is 1. The van der Waals surface area contributed by atoms with Gasteiger partial charge in [0.2, 0.25) is 5.91 Å². The molecule has 196 valence electrons. The van der Waals surface area contributed by atoms with Crippen LogP contribution in [0.3, 0.4) is 0 Å². The van der Waals surface area contributed by atoms with Crippen LogP contribution in [0.4, 0.5) is 5.82 Å². The highest BCUT2D eigenvalue weighted by Gasteiger charge is 2.51. The van der Waals surface area contributed by atoms with Crippen LogP contribution in [0.5, 0.6) is 0 Å². The first-order valence-electron chi connectivity index (χ1n) is 14.9. The average Bonchev–Trinajstić information content (AvgIpc) is 3.25. The number of fused-ring (bicyclic) bond motifs is 4. The van der Waals surface area contributed by atoms with Crippen molar-refractivity contribution < 1.29 is 4.79 Å². The van der Waals surface area contributed by atoms with Crippen LogP contribution in [0.15, 0.2) is 53.9 Å². The van der Waals surface area contributed by atoms with E-state index < -0.39 is 0 Å².